The minimum Gasteiger partial charge on any atom is -0.372 e. The topological polar surface area (TPSA) is 116 Å². The molecule has 0 saturated carbocycles. The zero-order valence-electron chi connectivity index (χ0n) is 7.45. The van der Waals surface area contributed by atoms with Gasteiger partial charge in [-0.25, -0.2) is 4.79 Å². The van der Waals surface area contributed by atoms with Gasteiger partial charge in [0.2, 0.25) is 5.60 Å². The summed E-state index contributed by atoms with van der Waals surface area (Å²) < 4.78 is 0. The molecule has 0 saturated heterocycles. The number of carbonyl (C=O) groups excluding carboxylic acids is 2. The molecule has 0 heterocycles. The summed E-state index contributed by atoms with van der Waals surface area (Å²) in [6, 6.07) is 0. The highest BCUT2D eigenvalue weighted by atomic mass is 16.7. The van der Waals surface area contributed by atoms with Crippen molar-refractivity contribution in [1.29, 1.82) is 0 Å². The first-order valence-corrected chi connectivity index (χ1v) is 3.89. The van der Waals surface area contributed by atoms with Gasteiger partial charge in [-0.05, 0) is 6.42 Å². The molecule has 0 aliphatic rings. The zero-order chi connectivity index (χ0) is 10.5. The van der Waals surface area contributed by atoms with Crippen LogP contribution in [0.15, 0.2) is 0 Å². The maximum absolute atomic E-state index is 11.1. The van der Waals surface area contributed by atoms with Gasteiger partial charge < -0.3 is 15.7 Å². The number of hydrogen-bond donors (Lipinski definition) is 3. The van der Waals surface area contributed by atoms with Crippen LogP contribution in [0.4, 0.5) is 0 Å². The zero-order valence-corrected chi connectivity index (χ0v) is 7.45. The summed E-state index contributed by atoms with van der Waals surface area (Å²) in [5.41, 5.74) is 2.84. The number of aliphatic hydroxyl groups is 1. The molecule has 0 bridgehead atoms. The molecule has 1 unspecified atom stereocenters. The van der Waals surface area contributed by atoms with E-state index in [2.05, 4.69) is 10.7 Å². The van der Waals surface area contributed by atoms with Gasteiger partial charge >= 0.3 is 5.97 Å². The second-order valence-corrected chi connectivity index (χ2v) is 2.64. The van der Waals surface area contributed by atoms with E-state index < -0.39 is 23.9 Å². The second-order valence-electron chi connectivity index (χ2n) is 2.64. The van der Waals surface area contributed by atoms with Crippen molar-refractivity contribution in [3.05, 3.63) is 0 Å². The van der Waals surface area contributed by atoms with E-state index in [0.29, 0.717) is 6.42 Å². The number of rotatable bonds is 5. The van der Waals surface area contributed by atoms with Gasteiger partial charge in [0.15, 0.2) is 5.78 Å². The summed E-state index contributed by atoms with van der Waals surface area (Å²) >= 11 is 0. The van der Waals surface area contributed by atoms with Crippen LogP contribution in [0, 0.1) is 0 Å². The Labute approximate surface area is 75.8 Å². The first kappa shape index (κ1) is 12.0. The lowest BCUT2D eigenvalue weighted by atomic mass is 9.93. The molecular weight excluding hydrogens is 176 g/mol. The van der Waals surface area contributed by atoms with Crippen LogP contribution in [-0.4, -0.2) is 29.0 Å². The molecule has 0 aromatic heterocycles. The summed E-state index contributed by atoms with van der Waals surface area (Å²) in [6.07, 6.45) is 0.399. The van der Waals surface area contributed by atoms with E-state index in [9.17, 15) is 14.7 Å². The largest absolute Gasteiger partial charge is 0.372 e. The van der Waals surface area contributed by atoms with Crippen molar-refractivity contribution < 1.29 is 19.5 Å². The number of carbonyl (C=O) groups is 2. The third-order valence-corrected chi connectivity index (χ3v) is 1.70. The van der Waals surface area contributed by atoms with Gasteiger partial charge in [0, 0.05) is 0 Å². The summed E-state index contributed by atoms with van der Waals surface area (Å²) in [6.45, 7) is 1.28. The van der Waals surface area contributed by atoms with Crippen LogP contribution in [-0.2, 0) is 14.4 Å². The van der Waals surface area contributed by atoms with Crippen molar-refractivity contribution >= 4 is 11.8 Å². The van der Waals surface area contributed by atoms with Crippen LogP contribution in [0.25, 0.3) is 0 Å². The van der Waals surface area contributed by atoms with Crippen LogP contribution < -0.4 is 11.6 Å². The van der Waals surface area contributed by atoms with Crippen LogP contribution in [0.3, 0.4) is 0 Å². The van der Waals surface area contributed by atoms with E-state index in [1.54, 1.807) is 6.92 Å². The van der Waals surface area contributed by atoms with Crippen LogP contribution in [0.2, 0.25) is 0 Å². The minimum absolute atomic E-state index is 0.0426. The average Bonchev–Trinajstić information content (AvgIpc) is 2.15. The highest BCUT2D eigenvalue weighted by molar-refractivity contribution is 6.07. The summed E-state index contributed by atoms with van der Waals surface area (Å²) in [4.78, 5) is 25.9. The van der Waals surface area contributed by atoms with E-state index in [1.165, 1.54) is 0 Å². The maximum atomic E-state index is 11.1. The van der Waals surface area contributed by atoms with E-state index in [0.717, 1.165) is 0 Å². The van der Waals surface area contributed by atoms with Crippen molar-refractivity contribution in [2.45, 2.75) is 25.4 Å². The van der Waals surface area contributed by atoms with Gasteiger partial charge in [0.1, 0.15) is 0 Å². The maximum Gasteiger partial charge on any atom is 0.364 e. The van der Waals surface area contributed by atoms with Crippen molar-refractivity contribution in [1.82, 2.24) is 0 Å². The minimum atomic E-state index is -2.18. The molecule has 5 N–H and O–H groups in total. The second kappa shape index (κ2) is 4.90. The number of ketones is 1. The van der Waals surface area contributed by atoms with Gasteiger partial charge in [-0.15, -0.1) is 0 Å². The van der Waals surface area contributed by atoms with Gasteiger partial charge in [0.25, 0.3) is 0 Å². The van der Waals surface area contributed by atoms with Gasteiger partial charge in [0.05, 0.1) is 6.54 Å². The Hall–Kier alpha value is -0.980. The van der Waals surface area contributed by atoms with Gasteiger partial charge in [-0.1, -0.05) is 13.3 Å². The first-order valence-electron chi connectivity index (χ1n) is 3.89. The molecule has 0 amide bonds. The molecule has 1 atom stereocenters. The van der Waals surface area contributed by atoms with Crippen LogP contribution in [0.5, 0.6) is 0 Å². The number of Topliss-reactive ketones (excluding diaryl/α,β-unsaturated/α-hetero) is 1. The first-order chi connectivity index (χ1) is 6.02. The average molecular weight is 190 g/mol. The Balaban J connectivity index is 4.71. The normalized spacial score (nSPS) is 14.8. The quantitative estimate of drug-likeness (QED) is 0.357. The lowest BCUT2D eigenvalue weighted by molar-refractivity contribution is -0.171. The molecule has 0 fully saturated rings. The fraction of sp³-hybridized carbons (Fsp3) is 0.714. The molecule has 6 nitrogen and oxygen atoms in total. The number of nitrogens with two attached hydrogens (primary N) is 2. The van der Waals surface area contributed by atoms with Crippen molar-refractivity contribution in [3.63, 3.8) is 0 Å². The Kier molecular flexibility index (Phi) is 4.53. The lowest BCUT2D eigenvalue weighted by Gasteiger charge is -2.21. The molecule has 0 aromatic carbocycles. The molecule has 0 rings (SSSR count). The standard InChI is InChI=1S/C7H14N2O4/c1-2-3-7(12,5(10)4-8)6(11)13-9/h12H,2-4,8-9H2,1H3. The highest BCUT2D eigenvalue weighted by Gasteiger charge is 2.43. The summed E-state index contributed by atoms with van der Waals surface area (Å²) in [5.74, 6) is 2.63. The SMILES string of the molecule is CCCC(O)(C(=O)CN)C(=O)ON. The van der Waals surface area contributed by atoms with Crippen LogP contribution in [0.1, 0.15) is 19.8 Å². The molecule has 0 radical (unpaired) electrons. The van der Waals surface area contributed by atoms with E-state index >= 15 is 0 Å². The molecule has 6 heteroatoms. The lowest BCUT2D eigenvalue weighted by Crippen LogP contribution is -2.51. The third kappa shape index (κ3) is 2.48. The predicted octanol–water partition coefficient (Wildman–Crippen LogP) is -1.54. The molecule has 0 spiro atoms. The molecule has 13 heavy (non-hydrogen) atoms. The fourth-order valence-corrected chi connectivity index (χ4v) is 0.983. The smallest absolute Gasteiger partial charge is 0.364 e. The van der Waals surface area contributed by atoms with Crippen LogP contribution >= 0.6 is 0 Å². The van der Waals surface area contributed by atoms with Crippen molar-refractivity contribution in [2.24, 2.45) is 11.6 Å². The molecular formula is C7H14N2O4. The Bertz CT molecular complexity index is 189. The van der Waals surface area contributed by atoms with Gasteiger partial charge in [-0.3, -0.25) is 4.79 Å². The summed E-state index contributed by atoms with van der Waals surface area (Å²) in [7, 11) is 0. The Morgan fingerprint density at radius 3 is 2.38 bits per heavy atom. The number of hydrogen-bond acceptors (Lipinski definition) is 6. The monoisotopic (exact) mass is 190 g/mol. The summed E-state index contributed by atoms with van der Waals surface area (Å²) in [5, 5.41) is 9.56. The molecule has 0 aliphatic carbocycles. The highest BCUT2D eigenvalue weighted by Crippen LogP contribution is 2.15. The van der Waals surface area contributed by atoms with E-state index in [1.807, 2.05) is 0 Å². The van der Waals surface area contributed by atoms with Crippen molar-refractivity contribution in [2.75, 3.05) is 6.54 Å². The fourth-order valence-electron chi connectivity index (χ4n) is 0.983. The van der Waals surface area contributed by atoms with Crippen molar-refractivity contribution in [3.8, 4) is 0 Å². The Morgan fingerprint density at radius 2 is 2.08 bits per heavy atom. The molecule has 0 aromatic rings. The Morgan fingerprint density at radius 1 is 1.54 bits per heavy atom. The molecule has 76 valence electrons. The molecule has 0 aliphatic heterocycles. The predicted molar refractivity (Wildman–Crippen MR) is 44.2 cm³/mol. The third-order valence-electron chi connectivity index (χ3n) is 1.70. The van der Waals surface area contributed by atoms with E-state index in [4.69, 9.17) is 5.73 Å². The van der Waals surface area contributed by atoms with Gasteiger partial charge in [-0.2, -0.15) is 5.90 Å². The van der Waals surface area contributed by atoms with E-state index in [-0.39, 0.29) is 6.42 Å².